The Hall–Kier alpha value is -0.640. The highest BCUT2D eigenvalue weighted by molar-refractivity contribution is 5.85. The molecule has 0 bridgehead atoms. The van der Waals surface area contributed by atoms with E-state index in [1.807, 2.05) is 12.3 Å². The molecule has 92 valence electrons. The zero-order valence-electron chi connectivity index (χ0n) is 9.98. The number of pyridine rings is 1. The number of halogens is 1. The van der Waals surface area contributed by atoms with Crippen LogP contribution in [0.5, 0.6) is 0 Å². The molecule has 3 nitrogen and oxygen atoms in total. The molecule has 0 aromatic carbocycles. The van der Waals surface area contributed by atoms with Crippen LogP contribution in [0.25, 0.3) is 0 Å². The van der Waals surface area contributed by atoms with E-state index in [4.69, 9.17) is 4.74 Å². The van der Waals surface area contributed by atoms with Crippen LogP contribution in [0.2, 0.25) is 0 Å². The summed E-state index contributed by atoms with van der Waals surface area (Å²) in [5.41, 5.74) is 1.22. The first-order chi connectivity index (χ1) is 7.29. The largest absolute Gasteiger partial charge is 0.379 e. The molecule has 0 radical (unpaired) electrons. The molecule has 1 heterocycles. The molecule has 0 atom stereocenters. The van der Waals surface area contributed by atoms with Crippen molar-refractivity contribution in [3.8, 4) is 0 Å². The van der Waals surface area contributed by atoms with Gasteiger partial charge in [-0.3, -0.25) is 4.98 Å². The molecule has 1 aromatic rings. The highest BCUT2D eigenvalue weighted by atomic mass is 35.5. The van der Waals surface area contributed by atoms with Crippen molar-refractivity contribution < 1.29 is 4.74 Å². The normalized spacial score (nSPS) is 10.2. The third-order valence-corrected chi connectivity index (χ3v) is 2.00. The van der Waals surface area contributed by atoms with Gasteiger partial charge in [-0.05, 0) is 38.4 Å². The second-order valence-corrected chi connectivity index (χ2v) is 3.81. The predicted molar refractivity (Wildman–Crippen MR) is 68.9 cm³/mol. The minimum Gasteiger partial charge on any atom is -0.379 e. The number of ether oxygens (including phenoxy) is 1. The van der Waals surface area contributed by atoms with Crippen LogP contribution in [0.1, 0.15) is 25.8 Å². The quantitative estimate of drug-likeness (QED) is 0.748. The van der Waals surface area contributed by atoms with Crippen LogP contribution in [0.4, 0.5) is 0 Å². The van der Waals surface area contributed by atoms with E-state index < -0.39 is 0 Å². The minimum absolute atomic E-state index is 0. The molecule has 16 heavy (non-hydrogen) atoms. The van der Waals surface area contributed by atoms with Crippen molar-refractivity contribution in [2.75, 3.05) is 13.2 Å². The van der Waals surface area contributed by atoms with Crippen LogP contribution >= 0.6 is 12.4 Å². The zero-order chi connectivity index (χ0) is 10.9. The van der Waals surface area contributed by atoms with Gasteiger partial charge in [-0.2, -0.15) is 0 Å². The van der Waals surface area contributed by atoms with Gasteiger partial charge in [0.2, 0.25) is 0 Å². The first-order valence-corrected chi connectivity index (χ1v) is 5.50. The molecule has 0 fully saturated rings. The molecule has 0 saturated heterocycles. The summed E-state index contributed by atoms with van der Waals surface area (Å²) >= 11 is 0. The van der Waals surface area contributed by atoms with Gasteiger partial charge < -0.3 is 10.1 Å². The molecule has 0 aliphatic carbocycles. The van der Waals surface area contributed by atoms with E-state index >= 15 is 0 Å². The van der Waals surface area contributed by atoms with Crippen molar-refractivity contribution in [3.05, 3.63) is 30.1 Å². The lowest BCUT2D eigenvalue weighted by Gasteiger charge is -2.07. The van der Waals surface area contributed by atoms with E-state index in [1.165, 1.54) is 5.56 Å². The molecule has 1 N–H and O–H groups in total. The van der Waals surface area contributed by atoms with E-state index in [1.54, 1.807) is 6.20 Å². The molecular formula is C12H21ClN2O. The molecule has 0 aliphatic heterocycles. The third-order valence-electron chi connectivity index (χ3n) is 2.00. The summed E-state index contributed by atoms with van der Waals surface area (Å²) in [7, 11) is 0. The highest BCUT2D eigenvalue weighted by Gasteiger charge is 1.94. The molecule has 0 saturated carbocycles. The van der Waals surface area contributed by atoms with Crippen molar-refractivity contribution in [2.45, 2.75) is 32.9 Å². The maximum absolute atomic E-state index is 5.44. The number of nitrogens with zero attached hydrogens (tertiary/aromatic N) is 1. The van der Waals surface area contributed by atoms with Gasteiger partial charge in [0.05, 0.1) is 6.10 Å². The van der Waals surface area contributed by atoms with E-state index in [9.17, 15) is 0 Å². The van der Waals surface area contributed by atoms with Crippen LogP contribution < -0.4 is 5.32 Å². The lowest BCUT2D eigenvalue weighted by molar-refractivity contribution is 0.0770. The Kier molecular flexibility index (Phi) is 9.19. The standard InChI is InChI=1S/C12H20N2O.ClH/c1-11(2)15-8-4-7-14-10-12-5-3-6-13-9-12;/h3,5-6,9,11,14H,4,7-8,10H2,1-2H3;1H. The molecular weight excluding hydrogens is 224 g/mol. The Balaban J connectivity index is 0.00000225. The lowest BCUT2D eigenvalue weighted by atomic mass is 10.3. The van der Waals surface area contributed by atoms with E-state index in [2.05, 4.69) is 30.2 Å². The van der Waals surface area contributed by atoms with Gasteiger partial charge in [0.1, 0.15) is 0 Å². The number of nitrogens with one attached hydrogen (secondary N) is 1. The summed E-state index contributed by atoms with van der Waals surface area (Å²) in [5.74, 6) is 0. The SMILES string of the molecule is CC(C)OCCCNCc1cccnc1.Cl. The van der Waals surface area contributed by atoms with E-state index in [0.717, 1.165) is 26.1 Å². The summed E-state index contributed by atoms with van der Waals surface area (Å²) in [6.07, 6.45) is 5.07. The van der Waals surface area contributed by atoms with Gasteiger partial charge in [-0.25, -0.2) is 0 Å². The average molecular weight is 245 g/mol. The molecule has 0 amide bonds. The van der Waals surface area contributed by atoms with Gasteiger partial charge in [0.25, 0.3) is 0 Å². The molecule has 0 spiro atoms. The fraction of sp³-hybridized carbons (Fsp3) is 0.583. The highest BCUT2D eigenvalue weighted by Crippen LogP contribution is 1.94. The fourth-order valence-electron chi connectivity index (χ4n) is 1.25. The summed E-state index contributed by atoms with van der Waals surface area (Å²) < 4.78 is 5.44. The van der Waals surface area contributed by atoms with Crippen molar-refractivity contribution in [1.82, 2.24) is 10.3 Å². The van der Waals surface area contributed by atoms with Crippen LogP contribution in [0.15, 0.2) is 24.5 Å². The average Bonchev–Trinajstić information content (AvgIpc) is 2.24. The predicted octanol–water partition coefficient (Wildman–Crippen LogP) is 2.41. The molecule has 0 aliphatic rings. The van der Waals surface area contributed by atoms with E-state index in [-0.39, 0.29) is 12.4 Å². The summed E-state index contributed by atoms with van der Waals surface area (Å²) in [6.45, 7) is 6.82. The van der Waals surface area contributed by atoms with Crippen molar-refractivity contribution in [3.63, 3.8) is 0 Å². The Morgan fingerprint density at radius 2 is 2.25 bits per heavy atom. The third kappa shape index (κ3) is 7.63. The first kappa shape index (κ1) is 15.4. The molecule has 4 heteroatoms. The maximum Gasteiger partial charge on any atom is 0.0518 e. The Labute approximate surface area is 104 Å². The second kappa shape index (κ2) is 9.58. The van der Waals surface area contributed by atoms with Gasteiger partial charge in [-0.15, -0.1) is 12.4 Å². The number of aromatic nitrogens is 1. The Bertz CT molecular complexity index is 254. The zero-order valence-corrected chi connectivity index (χ0v) is 10.8. The van der Waals surface area contributed by atoms with Crippen molar-refractivity contribution in [2.24, 2.45) is 0 Å². The van der Waals surface area contributed by atoms with Gasteiger partial charge >= 0.3 is 0 Å². The van der Waals surface area contributed by atoms with Crippen LogP contribution in [0.3, 0.4) is 0 Å². The monoisotopic (exact) mass is 244 g/mol. The van der Waals surface area contributed by atoms with Gasteiger partial charge in [-0.1, -0.05) is 6.07 Å². The first-order valence-electron chi connectivity index (χ1n) is 5.50. The number of rotatable bonds is 7. The number of hydrogen-bond donors (Lipinski definition) is 1. The van der Waals surface area contributed by atoms with Crippen molar-refractivity contribution >= 4 is 12.4 Å². The minimum atomic E-state index is 0. The smallest absolute Gasteiger partial charge is 0.0518 e. The summed E-state index contributed by atoms with van der Waals surface area (Å²) in [6, 6.07) is 4.03. The second-order valence-electron chi connectivity index (χ2n) is 3.81. The van der Waals surface area contributed by atoms with Crippen molar-refractivity contribution in [1.29, 1.82) is 0 Å². The Morgan fingerprint density at radius 3 is 2.88 bits per heavy atom. The Morgan fingerprint density at radius 1 is 1.44 bits per heavy atom. The molecule has 1 aromatic heterocycles. The topological polar surface area (TPSA) is 34.1 Å². The summed E-state index contributed by atoms with van der Waals surface area (Å²) in [5, 5.41) is 3.36. The van der Waals surface area contributed by atoms with Crippen LogP contribution in [-0.2, 0) is 11.3 Å². The fourth-order valence-corrected chi connectivity index (χ4v) is 1.25. The van der Waals surface area contributed by atoms with E-state index in [0.29, 0.717) is 6.10 Å². The van der Waals surface area contributed by atoms with Gasteiger partial charge in [0, 0.05) is 25.5 Å². The molecule has 1 rings (SSSR count). The summed E-state index contributed by atoms with van der Waals surface area (Å²) in [4.78, 5) is 4.06. The maximum atomic E-state index is 5.44. The lowest BCUT2D eigenvalue weighted by Crippen LogP contribution is -2.17. The number of hydrogen-bond acceptors (Lipinski definition) is 3. The van der Waals surface area contributed by atoms with Crippen LogP contribution in [-0.4, -0.2) is 24.2 Å². The van der Waals surface area contributed by atoms with Crippen LogP contribution in [0, 0.1) is 0 Å². The van der Waals surface area contributed by atoms with Gasteiger partial charge in [0.15, 0.2) is 0 Å². The molecule has 0 unspecified atom stereocenters.